The molecule has 0 aliphatic carbocycles. The third-order valence-corrected chi connectivity index (χ3v) is 2.80. The summed E-state index contributed by atoms with van der Waals surface area (Å²) in [5.41, 5.74) is 0.879. The van der Waals surface area contributed by atoms with Gasteiger partial charge in [-0.3, -0.25) is 4.79 Å². The van der Waals surface area contributed by atoms with E-state index in [1.54, 1.807) is 38.5 Å². The fourth-order valence-corrected chi connectivity index (χ4v) is 1.72. The summed E-state index contributed by atoms with van der Waals surface area (Å²) < 4.78 is 15.4. The lowest BCUT2D eigenvalue weighted by atomic mass is 10.1. The lowest BCUT2D eigenvalue weighted by Gasteiger charge is -2.06. The summed E-state index contributed by atoms with van der Waals surface area (Å²) in [5.74, 6) is 1.68. The van der Waals surface area contributed by atoms with Gasteiger partial charge in [0.15, 0.2) is 0 Å². The molecule has 0 aromatic heterocycles. The van der Waals surface area contributed by atoms with E-state index in [4.69, 9.17) is 14.2 Å². The molecule has 0 aliphatic heterocycles. The minimum absolute atomic E-state index is 0.218. The van der Waals surface area contributed by atoms with Crippen LogP contribution in [0.4, 0.5) is 0 Å². The lowest BCUT2D eigenvalue weighted by Crippen LogP contribution is -2.11. The monoisotopic (exact) mass is 272 g/mol. The van der Waals surface area contributed by atoms with Gasteiger partial charge in [-0.15, -0.1) is 0 Å². The summed E-state index contributed by atoms with van der Waals surface area (Å²) in [7, 11) is 3.19. The van der Waals surface area contributed by atoms with E-state index in [1.807, 2.05) is 24.3 Å². The lowest BCUT2D eigenvalue weighted by molar-refractivity contribution is -0.133. The van der Waals surface area contributed by atoms with E-state index < -0.39 is 0 Å². The highest BCUT2D eigenvalue weighted by Crippen LogP contribution is 2.18. The maximum atomic E-state index is 11.8. The van der Waals surface area contributed by atoms with Crippen molar-refractivity contribution in [1.29, 1.82) is 0 Å². The van der Waals surface area contributed by atoms with Crippen molar-refractivity contribution in [1.82, 2.24) is 0 Å². The number of rotatable bonds is 5. The van der Waals surface area contributed by atoms with Crippen LogP contribution in [0, 0.1) is 0 Å². The van der Waals surface area contributed by atoms with E-state index in [9.17, 15) is 4.79 Å². The van der Waals surface area contributed by atoms with Gasteiger partial charge in [-0.1, -0.05) is 12.1 Å². The first-order valence-electron chi connectivity index (χ1n) is 6.19. The second kappa shape index (κ2) is 6.61. The van der Waals surface area contributed by atoms with Crippen molar-refractivity contribution >= 4 is 5.97 Å². The average Bonchev–Trinajstić information content (AvgIpc) is 2.49. The van der Waals surface area contributed by atoms with Crippen LogP contribution < -0.4 is 14.2 Å². The van der Waals surface area contributed by atoms with Crippen LogP contribution in [0.25, 0.3) is 0 Å². The molecule has 104 valence electrons. The molecule has 4 nitrogen and oxygen atoms in total. The summed E-state index contributed by atoms with van der Waals surface area (Å²) >= 11 is 0. The molecule has 4 heteroatoms. The van der Waals surface area contributed by atoms with Crippen LogP contribution in [-0.2, 0) is 11.2 Å². The van der Waals surface area contributed by atoms with Gasteiger partial charge in [0.25, 0.3) is 0 Å². The summed E-state index contributed by atoms with van der Waals surface area (Å²) in [5, 5.41) is 0. The number of carbonyl (C=O) groups excluding carboxylic acids is 1. The third kappa shape index (κ3) is 3.75. The van der Waals surface area contributed by atoms with Crippen molar-refractivity contribution in [2.75, 3.05) is 14.2 Å². The predicted molar refractivity (Wildman–Crippen MR) is 75.3 cm³/mol. The molecule has 0 amide bonds. The third-order valence-electron chi connectivity index (χ3n) is 2.80. The molecule has 0 aliphatic rings. The van der Waals surface area contributed by atoms with Gasteiger partial charge in [0.05, 0.1) is 20.6 Å². The van der Waals surface area contributed by atoms with E-state index in [1.165, 1.54) is 0 Å². The van der Waals surface area contributed by atoms with Gasteiger partial charge < -0.3 is 14.2 Å². The van der Waals surface area contributed by atoms with E-state index in [2.05, 4.69) is 0 Å². The van der Waals surface area contributed by atoms with Gasteiger partial charge in [-0.05, 0) is 42.0 Å². The molecule has 2 aromatic carbocycles. The summed E-state index contributed by atoms with van der Waals surface area (Å²) in [4.78, 5) is 11.8. The van der Waals surface area contributed by atoms with E-state index in [0.717, 1.165) is 17.1 Å². The topological polar surface area (TPSA) is 44.8 Å². The normalized spacial score (nSPS) is 9.90. The number of carbonyl (C=O) groups is 1. The average molecular weight is 272 g/mol. The molecule has 0 spiro atoms. The minimum Gasteiger partial charge on any atom is -0.497 e. The highest BCUT2D eigenvalue weighted by Gasteiger charge is 2.07. The maximum absolute atomic E-state index is 11.8. The molecule has 0 saturated heterocycles. The number of hydrogen-bond acceptors (Lipinski definition) is 4. The van der Waals surface area contributed by atoms with Crippen LogP contribution in [0.2, 0.25) is 0 Å². The molecule has 2 aromatic rings. The Balaban J connectivity index is 1.93. The second-order valence-corrected chi connectivity index (χ2v) is 4.17. The van der Waals surface area contributed by atoms with Crippen molar-refractivity contribution in [2.24, 2.45) is 0 Å². The van der Waals surface area contributed by atoms with Crippen LogP contribution >= 0.6 is 0 Å². The first-order valence-corrected chi connectivity index (χ1v) is 6.19. The Bertz CT molecular complexity index is 507. The summed E-state index contributed by atoms with van der Waals surface area (Å²) in [6.07, 6.45) is 0.218. The number of benzene rings is 2. The first-order chi connectivity index (χ1) is 9.71. The van der Waals surface area contributed by atoms with Crippen LogP contribution in [-0.4, -0.2) is 20.2 Å². The van der Waals surface area contributed by atoms with E-state index in [0.29, 0.717) is 5.75 Å². The molecular weight excluding hydrogens is 256 g/mol. The van der Waals surface area contributed by atoms with Crippen LogP contribution in [0.5, 0.6) is 17.2 Å². The molecular formula is C16H16O4. The number of hydrogen-bond donors (Lipinski definition) is 0. The molecule has 0 heterocycles. The fourth-order valence-electron chi connectivity index (χ4n) is 1.72. The van der Waals surface area contributed by atoms with Crippen molar-refractivity contribution in [2.45, 2.75) is 6.42 Å². The molecule has 0 radical (unpaired) electrons. The molecule has 0 unspecified atom stereocenters. The Kier molecular flexibility index (Phi) is 4.60. The Morgan fingerprint density at radius 1 is 0.800 bits per heavy atom. The fraction of sp³-hybridized carbons (Fsp3) is 0.188. The largest absolute Gasteiger partial charge is 0.497 e. The molecule has 0 fully saturated rings. The van der Waals surface area contributed by atoms with Gasteiger partial charge in [-0.25, -0.2) is 0 Å². The van der Waals surface area contributed by atoms with Crippen molar-refractivity contribution in [3.8, 4) is 17.2 Å². The van der Waals surface area contributed by atoms with Gasteiger partial charge in [-0.2, -0.15) is 0 Å². The van der Waals surface area contributed by atoms with E-state index in [-0.39, 0.29) is 12.4 Å². The van der Waals surface area contributed by atoms with Crippen LogP contribution in [0.3, 0.4) is 0 Å². The first kappa shape index (κ1) is 13.9. The Labute approximate surface area is 117 Å². The zero-order valence-electron chi connectivity index (χ0n) is 11.5. The number of ether oxygens (including phenoxy) is 3. The van der Waals surface area contributed by atoms with Gasteiger partial charge in [0.2, 0.25) is 0 Å². The van der Waals surface area contributed by atoms with Crippen molar-refractivity contribution in [3.63, 3.8) is 0 Å². The maximum Gasteiger partial charge on any atom is 0.315 e. The van der Waals surface area contributed by atoms with Crippen molar-refractivity contribution < 1.29 is 19.0 Å². The zero-order chi connectivity index (χ0) is 14.4. The smallest absolute Gasteiger partial charge is 0.315 e. The number of methoxy groups -OCH3 is 2. The molecule has 0 atom stereocenters. The predicted octanol–water partition coefficient (Wildman–Crippen LogP) is 2.85. The standard InChI is InChI=1S/C16H16O4/c1-18-13-5-3-12(4-6-13)11-16(17)20-15-9-7-14(19-2)8-10-15/h3-10H,11H2,1-2H3. The quantitative estimate of drug-likeness (QED) is 0.620. The van der Waals surface area contributed by atoms with Gasteiger partial charge in [0, 0.05) is 0 Å². The summed E-state index contributed by atoms with van der Waals surface area (Å²) in [6.45, 7) is 0. The Morgan fingerprint density at radius 3 is 1.75 bits per heavy atom. The Morgan fingerprint density at radius 2 is 1.25 bits per heavy atom. The second-order valence-electron chi connectivity index (χ2n) is 4.17. The highest BCUT2D eigenvalue weighted by molar-refractivity contribution is 5.75. The van der Waals surface area contributed by atoms with Gasteiger partial charge in [0.1, 0.15) is 17.2 Å². The zero-order valence-corrected chi connectivity index (χ0v) is 11.5. The van der Waals surface area contributed by atoms with Crippen LogP contribution in [0.15, 0.2) is 48.5 Å². The van der Waals surface area contributed by atoms with Gasteiger partial charge >= 0.3 is 5.97 Å². The highest BCUT2D eigenvalue weighted by atomic mass is 16.5. The molecule has 0 N–H and O–H groups in total. The minimum atomic E-state index is -0.305. The number of esters is 1. The molecule has 20 heavy (non-hydrogen) atoms. The van der Waals surface area contributed by atoms with E-state index >= 15 is 0 Å². The Hall–Kier alpha value is -2.49. The molecule has 0 saturated carbocycles. The van der Waals surface area contributed by atoms with Crippen molar-refractivity contribution in [3.05, 3.63) is 54.1 Å². The molecule has 0 bridgehead atoms. The molecule has 2 rings (SSSR count). The SMILES string of the molecule is COc1ccc(CC(=O)Oc2ccc(OC)cc2)cc1. The summed E-state index contributed by atoms with van der Waals surface area (Å²) in [6, 6.07) is 14.2. The van der Waals surface area contributed by atoms with Crippen LogP contribution in [0.1, 0.15) is 5.56 Å².